The van der Waals surface area contributed by atoms with Crippen molar-refractivity contribution in [3.8, 4) is 0 Å². The molecule has 0 spiro atoms. The van der Waals surface area contributed by atoms with Crippen molar-refractivity contribution in [1.82, 2.24) is 4.98 Å². The fourth-order valence-electron chi connectivity index (χ4n) is 1.62. The van der Waals surface area contributed by atoms with Gasteiger partial charge in [-0.1, -0.05) is 0 Å². The molecule has 1 aromatic heterocycles. The minimum atomic E-state index is -0.682. The smallest absolute Gasteiger partial charge is 0.398 e. The quantitative estimate of drug-likeness (QED) is 0.744. The molecule has 0 radical (unpaired) electrons. The zero-order chi connectivity index (χ0) is 12.8. The van der Waals surface area contributed by atoms with Crippen molar-refractivity contribution >= 4 is 18.5 Å². The van der Waals surface area contributed by atoms with Gasteiger partial charge in [-0.2, -0.15) is 0 Å². The first-order valence-electron chi connectivity index (χ1n) is 5.50. The maximum atomic E-state index is 13.2. The third kappa shape index (κ3) is 2.15. The monoisotopic (exact) mass is 238 g/mol. The minimum absolute atomic E-state index is 0.120. The van der Waals surface area contributed by atoms with Crippen LogP contribution in [0.25, 0.3) is 0 Å². The molecule has 0 unspecified atom stereocenters. The first-order valence-corrected chi connectivity index (χ1v) is 5.50. The van der Waals surface area contributed by atoms with E-state index in [-0.39, 0.29) is 5.82 Å². The Labute approximate surface area is 100 Å². The number of aromatic nitrogens is 1. The lowest BCUT2D eigenvalue weighted by Gasteiger charge is -2.32. The molecule has 0 saturated carbocycles. The van der Waals surface area contributed by atoms with Crippen LogP contribution < -0.4 is 11.3 Å². The van der Waals surface area contributed by atoms with Crippen molar-refractivity contribution < 1.29 is 13.7 Å². The molecule has 2 heterocycles. The molecule has 1 aliphatic rings. The Bertz CT molecular complexity index is 415. The highest BCUT2D eigenvalue weighted by atomic mass is 19.1. The van der Waals surface area contributed by atoms with Crippen LogP contribution in [0.4, 0.5) is 10.2 Å². The number of pyridine rings is 1. The second kappa shape index (κ2) is 3.68. The normalized spacial score (nSPS) is 21.8. The number of halogens is 1. The predicted octanol–water partition coefficient (Wildman–Crippen LogP) is 1.10. The molecule has 1 aliphatic heterocycles. The largest absolute Gasteiger partial charge is 0.514 e. The van der Waals surface area contributed by atoms with Gasteiger partial charge in [0.2, 0.25) is 0 Å². The molecular weight excluding hydrogens is 222 g/mol. The van der Waals surface area contributed by atoms with Crippen LogP contribution >= 0.6 is 0 Å². The zero-order valence-electron chi connectivity index (χ0n) is 10.5. The summed E-state index contributed by atoms with van der Waals surface area (Å²) in [7, 11) is -0.682. The number of nitrogen functional groups attached to an aromatic ring is 1. The molecule has 1 aromatic rings. The molecule has 2 N–H and O–H groups in total. The lowest BCUT2D eigenvalue weighted by atomic mass is 9.84. The van der Waals surface area contributed by atoms with Crippen LogP contribution in [-0.2, 0) is 9.31 Å². The fourth-order valence-corrected chi connectivity index (χ4v) is 1.62. The average Bonchev–Trinajstić information content (AvgIpc) is 2.34. The standard InChI is InChI=1S/C11H16BFN2O2/c1-10(2)11(3,4)17-12(16-10)8-5-7(13)6-9(14)15-8/h5-6H,1-4H3,(H2,14,15). The molecule has 0 aromatic carbocycles. The molecule has 4 nitrogen and oxygen atoms in total. The summed E-state index contributed by atoms with van der Waals surface area (Å²) in [6.07, 6.45) is 0. The van der Waals surface area contributed by atoms with Gasteiger partial charge >= 0.3 is 7.12 Å². The summed E-state index contributed by atoms with van der Waals surface area (Å²) in [5.41, 5.74) is 4.92. The van der Waals surface area contributed by atoms with Crippen LogP contribution in [0.2, 0.25) is 0 Å². The van der Waals surface area contributed by atoms with Crippen molar-refractivity contribution in [2.24, 2.45) is 0 Å². The van der Waals surface area contributed by atoms with E-state index < -0.39 is 24.1 Å². The summed E-state index contributed by atoms with van der Waals surface area (Å²) in [6, 6.07) is 2.44. The number of rotatable bonds is 1. The van der Waals surface area contributed by atoms with Crippen molar-refractivity contribution in [3.05, 3.63) is 17.9 Å². The predicted molar refractivity (Wildman–Crippen MR) is 64.3 cm³/mol. The van der Waals surface area contributed by atoms with E-state index >= 15 is 0 Å². The van der Waals surface area contributed by atoms with Gasteiger partial charge < -0.3 is 15.0 Å². The highest BCUT2D eigenvalue weighted by Crippen LogP contribution is 2.36. The van der Waals surface area contributed by atoms with Crippen LogP contribution in [0.15, 0.2) is 12.1 Å². The van der Waals surface area contributed by atoms with Crippen molar-refractivity contribution in [2.45, 2.75) is 38.9 Å². The number of nitrogens with zero attached hydrogens (tertiary/aromatic N) is 1. The molecule has 17 heavy (non-hydrogen) atoms. The van der Waals surface area contributed by atoms with Crippen molar-refractivity contribution in [1.29, 1.82) is 0 Å². The molecule has 0 bridgehead atoms. The second-order valence-corrected chi connectivity index (χ2v) is 5.22. The number of hydrogen-bond donors (Lipinski definition) is 1. The zero-order valence-corrected chi connectivity index (χ0v) is 10.5. The Hall–Kier alpha value is -1.14. The highest BCUT2D eigenvalue weighted by Gasteiger charge is 2.52. The molecule has 92 valence electrons. The van der Waals surface area contributed by atoms with Crippen LogP contribution in [0, 0.1) is 5.82 Å². The molecule has 1 fully saturated rings. The SMILES string of the molecule is CC1(C)OB(c2cc(F)cc(N)n2)OC1(C)C. The Morgan fingerprint density at radius 3 is 2.18 bits per heavy atom. The molecule has 0 aliphatic carbocycles. The minimum Gasteiger partial charge on any atom is -0.398 e. The van der Waals surface area contributed by atoms with Crippen molar-refractivity contribution in [2.75, 3.05) is 5.73 Å². The van der Waals surface area contributed by atoms with Gasteiger partial charge in [0.15, 0.2) is 0 Å². The lowest BCUT2D eigenvalue weighted by molar-refractivity contribution is 0.00578. The first-order chi connectivity index (χ1) is 7.71. The molecule has 6 heteroatoms. The van der Waals surface area contributed by atoms with Crippen LogP contribution in [0.1, 0.15) is 27.7 Å². The van der Waals surface area contributed by atoms with Gasteiger partial charge in [-0.3, -0.25) is 0 Å². The first kappa shape index (κ1) is 12.3. The van der Waals surface area contributed by atoms with Crippen molar-refractivity contribution in [3.63, 3.8) is 0 Å². The summed E-state index contributed by atoms with van der Waals surface area (Å²) in [5, 5.41) is 0. The van der Waals surface area contributed by atoms with E-state index in [1.165, 1.54) is 6.07 Å². The number of anilines is 1. The number of nitrogens with two attached hydrogens (primary N) is 1. The maximum Gasteiger partial charge on any atom is 0.514 e. The molecular formula is C11H16BFN2O2. The van der Waals surface area contributed by atoms with E-state index in [0.29, 0.717) is 5.59 Å². The Morgan fingerprint density at radius 1 is 1.18 bits per heavy atom. The average molecular weight is 238 g/mol. The van der Waals surface area contributed by atoms with E-state index in [0.717, 1.165) is 6.07 Å². The molecule has 0 atom stereocenters. The van der Waals surface area contributed by atoms with E-state index in [1.54, 1.807) is 0 Å². The lowest BCUT2D eigenvalue weighted by Crippen LogP contribution is -2.41. The van der Waals surface area contributed by atoms with Gasteiger partial charge in [-0.15, -0.1) is 0 Å². The molecule has 1 saturated heterocycles. The third-order valence-corrected chi connectivity index (χ3v) is 3.32. The molecule has 0 amide bonds. The summed E-state index contributed by atoms with van der Waals surface area (Å²) in [4.78, 5) is 4.03. The summed E-state index contributed by atoms with van der Waals surface area (Å²) < 4.78 is 24.7. The number of hydrogen-bond acceptors (Lipinski definition) is 4. The van der Waals surface area contributed by atoms with Gasteiger partial charge in [-0.05, 0) is 33.8 Å². The Balaban J connectivity index is 2.32. The van der Waals surface area contributed by atoms with E-state index in [2.05, 4.69) is 4.98 Å². The second-order valence-electron chi connectivity index (χ2n) is 5.22. The topological polar surface area (TPSA) is 57.4 Å². The molecule has 2 rings (SSSR count). The van der Waals surface area contributed by atoms with E-state index in [1.807, 2.05) is 27.7 Å². The van der Waals surface area contributed by atoms with Gasteiger partial charge in [0, 0.05) is 6.07 Å². The summed E-state index contributed by atoms with van der Waals surface area (Å²) in [6.45, 7) is 7.70. The van der Waals surface area contributed by atoms with E-state index in [9.17, 15) is 4.39 Å². The van der Waals surface area contributed by atoms with Crippen LogP contribution in [0.3, 0.4) is 0 Å². The summed E-state index contributed by atoms with van der Waals surface area (Å²) in [5.74, 6) is -0.322. The summed E-state index contributed by atoms with van der Waals surface area (Å²) >= 11 is 0. The Kier molecular flexibility index (Phi) is 2.67. The fraction of sp³-hybridized carbons (Fsp3) is 0.545. The van der Waals surface area contributed by atoms with Crippen LogP contribution in [-0.4, -0.2) is 23.3 Å². The van der Waals surface area contributed by atoms with Gasteiger partial charge in [-0.25, -0.2) is 9.37 Å². The highest BCUT2D eigenvalue weighted by molar-refractivity contribution is 6.61. The van der Waals surface area contributed by atoms with Gasteiger partial charge in [0.1, 0.15) is 11.6 Å². The van der Waals surface area contributed by atoms with Gasteiger partial charge in [0.05, 0.1) is 16.8 Å². The van der Waals surface area contributed by atoms with Gasteiger partial charge in [0.25, 0.3) is 0 Å². The van der Waals surface area contributed by atoms with E-state index in [4.69, 9.17) is 15.0 Å². The third-order valence-electron chi connectivity index (χ3n) is 3.32. The maximum absolute atomic E-state index is 13.2. The van der Waals surface area contributed by atoms with Crippen LogP contribution in [0.5, 0.6) is 0 Å². The Morgan fingerprint density at radius 2 is 1.71 bits per heavy atom.